The number of rotatable bonds is 4. The first kappa shape index (κ1) is 19.7. The molecule has 0 amide bonds. The van der Waals surface area contributed by atoms with E-state index in [1.807, 2.05) is 12.1 Å². The van der Waals surface area contributed by atoms with Gasteiger partial charge in [0.15, 0.2) is 17.3 Å². The van der Waals surface area contributed by atoms with E-state index in [4.69, 9.17) is 9.47 Å². The first-order valence-electron chi connectivity index (χ1n) is 10.1. The van der Waals surface area contributed by atoms with Crippen LogP contribution in [0.4, 0.5) is 10.1 Å². The van der Waals surface area contributed by atoms with Gasteiger partial charge < -0.3 is 14.4 Å². The topological polar surface area (TPSA) is 42.0 Å². The Labute approximate surface area is 171 Å². The average molecular weight is 398 g/mol. The number of hydrogen-bond acceptors (Lipinski definition) is 5. The molecule has 0 N–H and O–H groups in total. The molecular weight excluding hydrogens is 371 g/mol. The maximum absolute atomic E-state index is 13.1. The number of carbonyl (C=O) groups is 1. The third-order valence-electron chi connectivity index (χ3n) is 5.43. The molecule has 0 radical (unpaired) electrons. The number of piperazine rings is 1. The van der Waals surface area contributed by atoms with E-state index < -0.39 is 0 Å². The molecule has 0 unspecified atom stereocenters. The average Bonchev–Trinajstić information content (AvgIpc) is 2.87. The highest BCUT2D eigenvalue weighted by Gasteiger charge is 2.26. The molecule has 0 bridgehead atoms. The Hall–Kier alpha value is -2.60. The minimum Gasteiger partial charge on any atom is -0.489 e. The second-order valence-corrected chi connectivity index (χ2v) is 8.57. The van der Waals surface area contributed by atoms with Gasteiger partial charge in [0.05, 0.1) is 19.8 Å². The Morgan fingerprint density at radius 3 is 2.31 bits per heavy atom. The lowest BCUT2D eigenvalue weighted by molar-refractivity contribution is 0.0926. The highest BCUT2D eigenvalue weighted by molar-refractivity contribution is 5.98. The summed E-state index contributed by atoms with van der Waals surface area (Å²) in [5.74, 6) is 1.19. The van der Waals surface area contributed by atoms with Crippen molar-refractivity contribution in [3.8, 4) is 11.5 Å². The molecule has 6 heteroatoms. The van der Waals surface area contributed by atoms with Gasteiger partial charge in [0, 0.05) is 42.8 Å². The van der Waals surface area contributed by atoms with Crippen LogP contribution in [-0.4, -0.2) is 56.6 Å². The second kappa shape index (κ2) is 8.03. The number of anilines is 1. The number of Topliss-reactive ketones (excluding diaryl/α,β-unsaturated/α-hetero) is 1. The van der Waals surface area contributed by atoms with Crippen molar-refractivity contribution < 1.29 is 18.7 Å². The van der Waals surface area contributed by atoms with E-state index >= 15 is 0 Å². The Kier molecular flexibility index (Phi) is 5.46. The number of carbonyl (C=O) groups excluding carboxylic acids is 1. The minimum absolute atomic E-state index is 0.0621. The maximum Gasteiger partial charge on any atom is 0.176 e. The molecule has 2 aromatic rings. The summed E-state index contributed by atoms with van der Waals surface area (Å²) in [5.41, 5.74) is 1.60. The summed E-state index contributed by atoms with van der Waals surface area (Å²) in [6, 6.07) is 12.0. The highest BCUT2D eigenvalue weighted by atomic mass is 19.1. The molecule has 2 aliphatic rings. The zero-order valence-corrected chi connectivity index (χ0v) is 17.0. The molecular formula is C23H27FN2O3. The molecule has 4 rings (SSSR count). The first-order chi connectivity index (χ1) is 13.9. The minimum atomic E-state index is -0.225. The van der Waals surface area contributed by atoms with Crippen LogP contribution in [0.3, 0.4) is 0 Å². The number of benzene rings is 2. The van der Waals surface area contributed by atoms with Crippen LogP contribution in [0, 0.1) is 11.2 Å². The summed E-state index contributed by atoms with van der Waals surface area (Å²) in [4.78, 5) is 17.2. The fourth-order valence-corrected chi connectivity index (χ4v) is 3.61. The SMILES string of the molecule is CC1(C)COc2ccc(C(=O)CN3CCN(c4ccc(F)cc4)CC3)cc2OC1. The summed E-state index contributed by atoms with van der Waals surface area (Å²) < 4.78 is 24.8. The smallest absolute Gasteiger partial charge is 0.176 e. The molecule has 0 atom stereocenters. The maximum atomic E-state index is 13.1. The van der Waals surface area contributed by atoms with Gasteiger partial charge in [-0.2, -0.15) is 0 Å². The summed E-state index contributed by atoms with van der Waals surface area (Å²) in [7, 11) is 0. The summed E-state index contributed by atoms with van der Waals surface area (Å²) in [6.45, 7) is 8.93. The van der Waals surface area contributed by atoms with Crippen molar-refractivity contribution in [2.24, 2.45) is 5.41 Å². The Morgan fingerprint density at radius 2 is 1.62 bits per heavy atom. The van der Waals surface area contributed by atoms with E-state index in [0.29, 0.717) is 36.8 Å². The van der Waals surface area contributed by atoms with Crippen LogP contribution < -0.4 is 14.4 Å². The fraction of sp³-hybridized carbons (Fsp3) is 0.435. The Bertz CT molecular complexity index is 874. The molecule has 2 heterocycles. The number of hydrogen-bond donors (Lipinski definition) is 0. The normalized spacial score (nSPS) is 18.9. The van der Waals surface area contributed by atoms with Crippen LogP contribution in [0.1, 0.15) is 24.2 Å². The van der Waals surface area contributed by atoms with Gasteiger partial charge in [0.25, 0.3) is 0 Å². The van der Waals surface area contributed by atoms with Crippen molar-refractivity contribution in [3.63, 3.8) is 0 Å². The fourth-order valence-electron chi connectivity index (χ4n) is 3.61. The van der Waals surface area contributed by atoms with Crippen LogP contribution in [0.5, 0.6) is 11.5 Å². The summed E-state index contributed by atoms with van der Waals surface area (Å²) in [5, 5.41) is 0. The Morgan fingerprint density at radius 1 is 0.966 bits per heavy atom. The third-order valence-corrected chi connectivity index (χ3v) is 5.43. The van der Waals surface area contributed by atoms with Crippen LogP contribution in [0.25, 0.3) is 0 Å². The van der Waals surface area contributed by atoms with Gasteiger partial charge in [-0.1, -0.05) is 13.8 Å². The quantitative estimate of drug-likeness (QED) is 0.736. The monoisotopic (exact) mass is 398 g/mol. The largest absolute Gasteiger partial charge is 0.489 e. The van der Waals surface area contributed by atoms with E-state index in [1.54, 1.807) is 18.2 Å². The van der Waals surface area contributed by atoms with E-state index in [0.717, 1.165) is 31.9 Å². The lowest BCUT2D eigenvalue weighted by Gasteiger charge is -2.35. The van der Waals surface area contributed by atoms with E-state index in [-0.39, 0.29) is 17.0 Å². The van der Waals surface area contributed by atoms with Gasteiger partial charge >= 0.3 is 0 Å². The standard InChI is InChI=1S/C23H27FN2O3/c1-23(2)15-28-21-8-3-17(13-22(21)29-16-23)20(27)14-25-9-11-26(12-10-25)19-6-4-18(24)5-7-19/h3-8,13H,9-12,14-16H2,1-2H3. The lowest BCUT2D eigenvalue weighted by atomic mass is 9.97. The number of fused-ring (bicyclic) bond motifs is 1. The number of ketones is 1. The number of nitrogens with zero attached hydrogens (tertiary/aromatic N) is 2. The lowest BCUT2D eigenvalue weighted by Crippen LogP contribution is -2.48. The molecule has 154 valence electrons. The van der Waals surface area contributed by atoms with Gasteiger partial charge in [-0.15, -0.1) is 0 Å². The van der Waals surface area contributed by atoms with Crippen LogP contribution in [-0.2, 0) is 0 Å². The van der Waals surface area contributed by atoms with Crippen molar-refractivity contribution in [3.05, 3.63) is 53.8 Å². The van der Waals surface area contributed by atoms with Crippen molar-refractivity contribution in [1.82, 2.24) is 4.90 Å². The summed E-state index contributed by atoms with van der Waals surface area (Å²) >= 11 is 0. The molecule has 0 saturated carbocycles. The van der Waals surface area contributed by atoms with Crippen molar-refractivity contribution in [2.45, 2.75) is 13.8 Å². The molecule has 0 aromatic heterocycles. The van der Waals surface area contributed by atoms with Crippen LogP contribution in [0.2, 0.25) is 0 Å². The third kappa shape index (κ3) is 4.70. The number of halogens is 1. The van der Waals surface area contributed by atoms with Gasteiger partial charge in [-0.05, 0) is 42.5 Å². The summed E-state index contributed by atoms with van der Waals surface area (Å²) in [6.07, 6.45) is 0. The predicted octanol–water partition coefficient (Wildman–Crippen LogP) is 3.63. The molecule has 5 nitrogen and oxygen atoms in total. The second-order valence-electron chi connectivity index (χ2n) is 8.57. The molecule has 2 aromatic carbocycles. The molecule has 0 spiro atoms. The van der Waals surface area contributed by atoms with Crippen molar-refractivity contribution in [2.75, 3.05) is 50.8 Å². The van der Waals surface area contributed by atoms with E-state index in [9.17, 15) is 9.18 Å². The molecule has 0 aliphatic carbocycles. The van der Waals surface area contributed by atoms with Gasteiger partial charge in [0.2, 0.25) is 0 Å². The van der Waals surface area contributed by atoms with Gasteiger partial charge in [-0.25, -0.2) is 4.39 Å². The number of ether oxygens (including phenoxy) is 2. The predicted molar refractivity (Wildman–Crippen MR) is 111 cm³/mol. The first-order valence-corrected chi connectivity index (χ1v) is 10.1. The molecule has 29 heavy (non-hydrogen) atoms. The van der Waals surface area contributed by atoms with E-state index in [1.165, 1.54) is 12.1 Å². The van der Waals surface area contributed by atoms with Gasteiger partial charge in [0.1, 0.15) is 5.82 Å². The molecule has 1 fully saturated rings. The van der Waals surface area contributed by atoms with Crippen LogP contribution >= 0.6 is 0 Å². The molecule has 1 saturated heterocycles. The molecule has 2 aliphatic heterocycles. The van der Waals surface area contributed by atoms with E-state index in [2.05, 4.69) is 23.6 Å². The van der Waals surface area contributed by atoms with Crippen molar-refractivity contribution in [1.29, 1.82) is 0 Å². The van der Waals surface area contributed by atoms with Gasteiger partial charge in [-0.3, -0.25) is 9.69 Å². The zero-order valence-electron chi connectivity index (χ0n) is 17.0. The zero-order chi connectivity index (χ0) is 20.4. The Balaban J connectivity index is 1.35. The van der Waals surface area contributed by atoms with Crippen molar-refractivity contribution >= 4 is 11.5 Å². The van der Waals surface area contributed by atoms with Crippen LogP contribution in [0.15, 0.2) is 42.5 Å². The highest BCUT2D eigenvalue weighted by Crippen LogP contribution is 2.34.